The van der Waals surface area contributed by atoms with Crippen molar-refractivity contribution in [2.75, 3.05) is 20.5 Å². The van der Waals surface area contributed by atoms with Crippen LogP contribution in [-0.2, 0) is 23.4 Å². The molecule has 0 bridgehead atoms. The number of rotatable bonds is 19. The number of benzene rings is 2. The van der Waals surface area contributed by atoms with Crippen molar-refractivity contribution in [2.24, 2.45) is 0 Å². The molecule has 42 heavy (non-hydrogen) atoms. The van der Waals surface area contributed by atoms with E-state index in [9.17, 15) is 4.79 Å². The molecule has 0 aliphatic rings. The summed E-state index contributed by atoms with van der Waals surface area (Å²) in [5.41, 5.74) is 0. The maximum Gasteiger partial charge on any atom is 0.330 e. The number of esters is 1. The summed E-state index contributed by atoms with van der Waals surface area (Å²) in [7, 11) is -2.39. The van der Waals surface area contributed by atoms with Crippen LogP contribution in [-0.4, -0.2) is 55.1 Å². The van der Waals surface area contributed by atoms with E-state index in [-0.39, 0.29) is 23.2 Å². The molecule has 2 aromatic rings. The van der Waals surface area contributed by atoms with E-state index >= 15 is 0 Å². The van der Waals surface area contributed by atoms with Crippen LogP contribution in [0.5, 0.6) is 0 Å². The number of hydrogen-bond acceptors (Lipinski definition) is 5. The van der Waals surface area contributed by atoms with Crippen molar-refractivity contribution >= 4 is 32.7 Å². The first kappa shape index (κ1) is 36.2. The van der Waals surface area contributed by atoms with Crippen molar-refractivity contribution in [3.63, 3.8) is 0 Å². The first-order valence-electron chi connectivity index (χ1n) is 15.6. The van der Waals surface area contributed by atoms with Gasteiger partial charge in [0.1, 0.15) is 6.79 Å². The zero-order valence-corrected chi connectivity index (χ0v) is 29.5. The van der Waals surface area contributed by atoms with E-state index < -0.39 is 16.4 Å². The Balaban J connectivity index is 2.04. The van der Waals surface area contributed by atoms with Crippen LogP contribution in [0.25, 0.3) is 0 Å². The van der Waals surface area contributed by atoms with E-state index in [2.05, 4.69) is 108 Å². The average molecular weight is 613 g/mol. The molecule has 2 atom stereocenters. The largest absolute Gasteiger partial charge is 0.466 e. The van der Waals surface area contributed by atoms with Crippen LogP contribution in [0.4, 0.5) is 0 Å². The lowest BCUT2D eigenvalue weighted by Crippen LogP contribution is -2.67. The van der Waals surface area contributed by atoms with Crippen molar-refractivity contribution < 1.29 is 23.4 Å². The predicted octanol–water partition coefficient (Wildman–Crippen LogP) is 7.72. The maximum absolute atomic E-state index is 12.1. The van der Waals surface area contributed by atoms with E-state index in [0.29, 0.717) is 6.79 Å². The number of methoxy groups -OCH3 is 1. The zero-order chi connectivity index (χ0) is 31.1. The molecule has 0 saturated carbocycles. The monoisotopic (exact) mass is 612 g/mol. The van der Waals surface area contributed by atoms with Crippen LogP contribution in [0.15, 0.2) is 72.8 Å². The highest BCUT2D eigenvalue weighted by Crippen LogP contribution is 2.38. The summed E-state index contributed by atoms with van der Waals surface area (Å²) in [4.78, 5) is 12.1. The number of carbonyl (C=O) groups is 1. The standard InChI is InChI=1S/C35H56O5Si2/c1-30(39-29-38-27-28-41(6,7)8)19-13-9-10-14-20-31(25-26-34(36)37-5)40-42(35(2,3)4,32-21-15-11-16-22-32)33-23-17-12-18-24-33/h11-12,15-18,21-26,30-31H,9-10,13-14,19-20,27-29H2,1-8H3/b26-25+/t30-,31+/m0/s1. The third-order valence-electron chi connectivity index (χ3n) is 7.67. The van der Waals surface area contributed by atoms with Gasteiger partial charge in [-0.05, 0) is 47.3 Å². The minimum atomic E-state index is -2.74. The molecule has 0 aromatic heterocycles. The number of hydrogen-bond donors (Lipinski definition) is 0. The molecule has 2 rings (SSSR count). The van der Waals surface area contributed by atoms with Crippen molar-refractivity contribution in [3.8, 4) is 0 Å². The third-order valence-corrected chi connectivity index (χ3v) is 14.4. The molecular formula is C35H56O5Si2. The minimum Gasteiger partial charge on any atom is -0.466 e. The van der Waals surface area contributed by atoms with Gasteiger partial charge >= 0.3 is 5.97 Å². The van der Waals surface area contributed by atoms with Crippen LogP contribution < -0.4 is 10.4 Å². The summed E-state index contributed by atoms with van der Waals surface area (Å²) in [6.07, 6.45) is 9.67. The fourth-order valence-electron chi connectivity index (χ4n) is 5.18. The van der Waals surface area contributed by atoms with Gasteiger partial charge < -0.3 is 18.6 Å². The quantitative estimate of drug-likeness (QED) is 0.0535. The van der Waals surface area contributed by atoms with Gasteiger partial charge in [-0.15, -0.1) is 0 Å². The highest BCUT2D eigenvalue weighted by atomic mass is 28.4. The Bertz CT molecular complexity index is 1010. The molecule has 0 spiro atoms. The molecular weight excluding hydrogens is 557 g/mol. The molecule has 0 unspecified atom stereocenters. The Kier molecular flexibility index (Phi) is 15.4. The Morgan fingerprint density at radius 3 is 1.90 bits per heavy atom. The van der Waals surface area contributed by atoms with Gasteiger partial charge in [0.25, 0.3) is 8.32 Å². The lowest BCUT2D eigenvalue weighted by Gasteiger charge is -2.44. The fraction of sp³-hybridized carbons (Fsp3) is 0.571. The van der Waals surface area contributed by atoms with E-state index in [1.165, 1.54) is 29.6 Å². The minimum absolute atomic E-state index is 0.137. The first-order chi connectivity index (χ1) is 19.9. The van der Waals surface area contributed by atoms with Crippen LogP contribution in [0.1, 0.15) is 66.2 Å². The SMILES string of the molecule is COC(=O)/C=C/[C@@H](CCCCCC[C@H](C)OCOCC[Si](C)(C)C)O[Si](c1ccccc1)(c1ccccc1)C(C)(C)C. The third kappa shape index (κ3) is 12.3. The fourth-order valence-corrected chi connectivity index (χ4v) is 10.6. The average Bonchev–Trinajstić information content (AvgIpc) is 2.95. The van der Waals surface area contributed by atoms with Gasteiger partial charge in [0.2, 0.25) is 0 Å². The topological polar surface area (TPSA) is 54.0 Å². The summed E-state index contributed by atoms with van der Waals surface area (Å²) in [6, 6.07) is 22.5. The Morgan fingerprint density at radius 1 is 0.857 bits per heavy atom. The maximum atomic E-state index is 12.1. The van der Waals surface area contributed by atoms with Crippen LogP contribution in [0.3, 0.4) is 0 Å². The summed E-state index contributed by atoms with van der Waals surface area (Å²) in [5.74, 6) is -0.357. The van der Waals surface area contributed by atoms with E-state index in [1.54, 1.807) is 0 Å². The van der Waals surface area contributed by atoms with E-state index in [4.69, 9.17) is 18.6 Å². The van der Waals surface area contributed by atoms with Crippen molar-refractivity contribution in [1.82, 2.24) is 0 Å². The highest BCUT2D eigenvalue weighted by Gasteiger charge is 2.51. The molecule has 2 aromatic carbocycles. The Labute approximate surface area is 258 Å². The number of unbranched alkanes of at least 4 members (excludes halogenated alkanes) is 3. The van der Waals surface area contributed by atoms with Gasteiger partial charge in [-0.3, -0.25) is 0 Å². The normalized spacial score (nSPS) is 14.2. The molecule has 0 aliphatic heterocycles. The molecule has 0 aliphatic carbocycles. The second-order valence-corrected chi connectivity index (χ2v) is 23.4. The van der Waals surface area contributed by atoms with Gasteiger partial charge in [-0.1, -0.05) is 127 Å². The summed E-state index contributed by atoms with van der Waals surface area (Å²) in [5, 5.41) is 2.33. The molecule has 0 radical (unpaired) electrons. The van der Waals surface area contributed by atoms with Crippen molar-refractivity contribution in [2.45, 2.75) is 109 Å². The van der Waals surface area contributed by atoms with Gasteiger partial charge in [-0.25, -0.2) is 4.79 Å². The molecule has 0 fully saturated rings. The molecule has 0 heterocycles. The van der Waals surface area contributed by atoms with Crippen LogP contribution >= 0.6 is 0 Å². The smallest absolute Gasteiger partial charge is 0.330 e. The second-order valence-electron chi connectivity index (χ2n) is 13.5. The number of carbonyl (C=O) groups excluding carboxylic acids is 1. The van der Waals surface area contributed by atoms with E-state index in [1.807, 2.05) is 6.08 Å². The summed E-state index contributed by atoms with van der Waals surface area (Å²) < 4.78 is 23.8. The Hall–Kier alpha value is -2.04. The molecule has 0 saturated heterocycles. The predicted molar refractivity (Wildman–Crippen MR) is 181 cm³/mol. The lowest BCUT2D eigenvalue weighted by atomic mass is 10.1. The molecule has 0 amide bonds. The zero-order valence-electron chi connectivity index (χ0n) is 27.5. The van der Waals surface area contributed by atoms with Crippen molar-refractivity contribution in [1.29, 1.82) is 0 Å². The van der Waals surface area contributed by atoms with Crippen LogP contribution in [0, 0.1) is 0 Å². The Morgan fingerprint density at radius 2 is 1.40 bits per heavy atom. The summed E-state index contributed by atoms with van der Waals surface area (Å²) >= 11 is 0. The lowest BCUT2D eigenvalue weighted by molar-refractivity contribution is -0.134. The second kappa shape index (κ2) is 17.9. The molecule has 7 heteroatoms. The summed E-state index contributed by atoms with van der Waals surface area (Å²) in [6.45, 7) is 17.2. The van der Waals surface area contributed by atoms with Crippen LogP contribution in [0.2, 0.25) is 30.7 Å². The van der Waals surface area contributed by atoms with Gasteiger partial charge in [0, 0.05) is 20.8 Å². The van der Waals surface area contributed by atoms with Gasteiger partial charge in [0.15, 0.2) is 0 Å². The first-order valence-corrected chi connectivity index (χ1v) is 21.2. The van der Waals surface area contributed by atoms with Gasteiger partial charge in [0.05, 0.1) is 19.3 Å². The van der Waals surface area contributed by atoms with Gasteiger partial charge in [-0.2, -0.15) is 0 Å². The highest BCUT2D eigenvalue weighted by molar-refractivity contribution is 6.99. The molecule has 5 nitrogen and oxygen atoms in total. The molecule has 0 N–H and O–H groups in total. The van der Waals surface area contributed by atoms with Crippen molar-refractivity contribution in [3.05, 3.63) is 72.8 Å². The van der Waals surface area contributed by atoms with E-state index in [0.717, 1.165) is 45.1 Å². The molecule has 234 valence electrons. The number of ether oxygens (including phenoxy) is 3.